The molecule has 11 atom stereocenters. The van der Waals surface area contributed by atoms with Gasteiger partial charge in [-0.15, -0.1) is 0 Å². The molecule has 22 N–H and O–H groups in total. The fourth-order valence-corrected chi connectivity index (χ4v) is 18.7. The molecular weight excluding hydrogens is 1960 g/mol. The van der Waals surface area contributed by atoms with E-state index in [2.05, 4.69) is 58.5 Å². The van der Waals surface area contributed by atoms with Gasteiger partial charge in [0.25, 0.3) is 5.91 Å². The number of aliphatic hydroxyl groups is 1. The van der Waals surface area contributed by atoms with Gasteiger partial charge in [-0.25, -0.2) is 0 Å². The average molecular weight is 2100 g/mol. The van der Waals surface area contributed by atoms with Crippen molar-refractivity contribution in [3.63, 3.8) is 0 Å². The number of carbonyl (C=O) groups is 19. The van der Waals surface area contributed by atoms with Gasteiger partial charge in [0.05, 0.1) is 71.2 Å². The Morgan fingerprint density at radius 3 is 1.56 bits per heavy atom. The Morgan fingerprint density at radius 2 is 1.01 bits per heavy atom. The summed E-state index contributed by atoms with van der Waals surface area (Å²) in [5.74, 6) is -17.3. The molecule has 147 heavy (non-hydrogen) atoms. The van der Waals surface area contributed by atoms with Crippen LogP contribution in [0.25, 0.3) is 0 Å². The van der Waals surface area contributed by atoms with E-state index in [-0.39, 0.29) is 229 Å². The van der Waals surface area contributed by atoms with E-state index in [1.54, 1.807) is 63.2 Å². The summed E-state index contributed by atoms with van der Waals surface area (Å²) in [6, 6.07) is 6.54. The van der Waals surface area contributed by atoms with Crippen molar-refractivity contribution in [2.75, 3.05) is 162 Å². The summed E-state index contributed by atoms with van der Waals surface area (Å²) in [5, 5.41) is 96.5. The van der Waals surface area contributed by atoms with E-state index < -0.39 is 192 Å². The first kappa shape index (κ1) is 121. The normalized spacial score (nSPS) is 20.1. The van der Waals surface area contributed by atoms with E-state index >= 15 is 14.4 Å². The maximum atomic E-state index is 15.4. The van der Waals surface area contributed by atoms with Crippen LogP contribution in [0.2, 0.25) is 0 Å². The average Bonchev–Trinajstić information content (AvgIpc) is 1.65. The Labute approximate surface area is 861 Å². The molecule has 3 saturated heterocycles. The van der Waals surface area contributed by atoms with E-state index in [1.807, 2.05) is 17.9 Å². The number of benzene rings is 3. The van der Waals surface area contributed by atoms with Crippen LogP contribution in [0.4, 0.5) is 0 Å². The van der Waals surface area contributed by atoms with Crippen molar-refractivity contribution in [1.82, 2.24) is 87.9 Å². The number of ether oxygens (including phenoxy) is 3. The molecule has 3 aromatic rings. The number of aryl methyl sites for hydroxylation is 1. The van der Waals surface area contributed by atoms with Crippen molar-refractivity contribution in [1.29, 1.82) is 5.41 Å². The lowest BCUT2D eigenvalue weighted by Crippen LogP contribution is -2.62. The van der Waals surface area contributed by atoms with Crippen LogP contribution >= 0.6 is 23.5 Å². The molecule has 3 aromatic carbocycles. The molecule has 4 heterocycles. The van der Waals surface area contributed by atoms with Gasteiger partial charge in [0.15, 0.2) is 11.7 Å². The predicted octanol–water partition coefficient (Wildman–Crippen LogP) is -2.94. The zero-order valence-corrected chi connectivity index (χ0v) is 84.8. The molecule has 2 bridgehead atoms. The maximum Gasteiger partial charge on any atom is 0.317 e. The number of aliphatic hydroxyl groups excluding tert-OH is 1. The third-order valence-electron chi connectivity index (χ3n) is 24.6. The first-order valence-corrected chi connectivity index (χ1v) is 51.9. The Bertz CT molecular complexity index is 4850. The highest BCUT2D eigenvalue weighted by Crippen LogP contribution is 2.29. The zero-order chi connectivity index (χ0) is 107. The van der Waals surface area contributed by atoms with Crippen molar-refractivity contribution in [2.24, 2.45) is 11.5 Å². The molecule has 0 radical (unpaired) electrons. The van der Waals surface area contributed by atoms with Crippen LogP contribution in [-0.2, 0) is 125 Å². The Balaban J connectivity index is 0.986. The summed E-state index contributed by atoms with van der Waals surface area (Å²) in [5.41, 5.74) is 13.4. The lowest BCUT2D eigenvalue weighted by Gasteiger charge is -2.34. The summed E-state index contributed by atoms with van der Waals surface area (Å²) in [4.78, 5) is 268. The number of unbranched alkanes of at least 4 members (excludes halogenated alkanes) is 1. The van der Waals surface area contributed by atoms with Crippen LogP contribution in [0.5, 0.6) is 0 Å². The number of amides is 13. The number of hydrogen-bond donors (Lipinski definition) is 20. The number of aliphatic carboxylic acids is 5. The number of hydrogen-bond acceptors (Lipinski definition) is 30. The SMILES string of the molecule is CCCC[C@H](NC(=O)CCC(=O)NCCCOCCOCCOCCCNC(=O)CN1CCN(CC(=O)O)CCN(CC(=O)O)CCN(CC(=O)O)CC1)C(=O)N[C@H]1CSCc2cccc(c2)CSC[C@@H](C(=O)N[C@@H](CC(=O)O)C(=O)CCc2ccc(C(=O)N[C@@H](CCCNC(=N)N)C(N)=O)cc2)NC(=O)[C@H](Cc2ccccc2)NC(=O)[C@H](CCC(=O)O)NC(=O)[C@H]([C@@H](C)O)NC(=O)[C@@H]2CCCN2C(=O)[C@@H]2CCCN2C1=O. The number of primary amides is 1. The number of fused-ring (bicyclic) bond motifs is 4. The van der Waals surface area contributed by atoms with Gasteiger partial charge in [0, 0.05) is 159 Å². The lowest BCUT2D eigenvalue weighted by molar-refractivity contribution is -0.148. The Morgan fingerprint density at radius 1 is 0.490 bits per heavy atom. The first-order valence-electron chi connectivity index (χ1n) is 49.6. The molecule has 812 valence electrons. The molecule has 0 spiro atoms. The largest absolute Gasteiger partial charge is 0.481 e. The molecule has 48 nitrogen and oxygen atoms in total. The number of ketones is 1. The molecule has 0 saturated carbocycles. The highest BCUT2D eigenvalue weighted by molar-refractivity contribution is 7.98. The highest BCUT2D eigenvalue weighted by Gasteiger charge is 2.46. The molecule has 13 amide bonds. The first-order chi connectivity index (χ1) is 70.3. The lowest BCUT2D eigenvalue weighted by atomic mass is 10.00. The molecular formula is C97H144N20O28S2. The summed E-state index contributed by atoms with van der Waals surface area (Å²) < 4.78 is 17.0. The zero-order valence-electron chi connectivity index (χ0n) is 83.2. The second-order valence-corrected chi connectivity index (χ2v) is 38.4. The van der Waals surface area contributed by atoms with Crippen molar-refractivity contribution < 1.29 is 136 Å². The van der Waals surface area contributed by atoms with Crippen LogP contribution in [0.1, 0.15) is 156 Å². The molecule has 4 aliphatic rings. The van der Waals surface area contributed by atoms with E-state index in [0.29, 0.717) is 87.0 Å². The van der Waals surface area contributed by atoms with E-state index in [4.69, 9.17) is 31.1 Å². The van der Waals surface area contributed by atoms with Crippen LogP contribution < -0.4 is 70.0 Å². The number of nitrogens with zero attached hydrogens (tertiary/aromatic N) is 6. The van der Waals surface area contributed by atoms with E-state index in [1.165, 1.54) is 45.8 Å². The quantitative estimate of drug-likeness (QED) is 0.0153. The molecule has 50 heteroatoms. The fourth-order valence-electron chi connectivity index (χ4n) is 16.7. The van der Waals surface area contributed by atoms with Gasteiger partial charge in [0.1, 0.15) is 54.4 Å². The van der Waals surface area contributed by atoms with Gasteiger partial charge < -0.3 is 125 Å². The fraction of sp³-hybridized carbons (Fsp3) is 0.608. The minimum absolute atomic E-state index is 0.0162. The minimum Gasteiger partial charge on any atom is -0.481 e. The number of nitrogens with two attached hydrogens (primary N) is 2. The van der Waals surface area contributed by atoms with Crippen LogP contribution in [0, 0.1) is 5.41 Å². The Hall–Kier alpha value is -12.6. The third-order valence-corrected chi connectivity index (χ3v) is 26.8. The number of carbonyl (C=O) groups excluding carboxylic acids is 14. The third kappa shape index (κ3) is 46.2. The number of thioether (sulfide) groups is 2. The van der Waals surface area contributed by atoms with Crippen molar-refractivity contribution in [3.8, 4) is 0 Å². The molecule has 7 rings (SSSR count). The van der Waals surface area contributed by atoms with Crippen molar-refractivity contribution in [3.05, 3.63) is 107 Å². The maximum absolute atomic E-state index is 15.4. The molecule has 0 aliphatic carbocycles. The number of rotatable bonds is 52. The van der Waals surface area contributed by atoms with Crippen LogP contribution in [-0.4, -0.2) is 407 Å². The van der Waals surface area contributed by atoms with Gasteiger partial charge in [-0.3, -0.25) is 116 Å². The number of carboxylic acids is 5. The second kappa shape index (κ2) is 65.9. The minimum atomic E-state index is -1.87. The summed E-state index contributed by atoms with van der Waals surface area (Å²) in [6.07, 6.45) is -1.98. The molecule has 0 aromatic heterocycles. The highest BCUT2D eigenvalue weighted by atomic mass is 32.2. The number of nitrogens with one attached hydrogen (secondary N) is 12. The van der Waals surface area contributed by atoms with Gasteiger partial charge in [-0.2, -0.15) is 23.5 Å². The van der Waals surface area contributed by atoms with Crippen LogP contribution in [0.3, 0.4) is 0 Å². The Kier molecular flexibility index (Phi) is 54.4. The topological polar surface area (TPSA) is 701 Å². The monoisotopic (exact) mass is 2100 g/mol. The summed E-state index contributed by atoms with van der Waals surface area (Å²) in [6.45, 7) is 6.63. The molecule has 3 fully saturated rings. The molecule has 4 aliphatic heterocycles. The van der Waals surface area contributed by atoms with E-state index in [0.717, 1.165) is 18.7 Å². The van der Waals surface area contributed by atoms with Crippen molar-refractivity contribution >= 4 is 142 Å². The number of Topliss-reactive ketones (excluding diaryl/α,β-unsaturated/α-hetero) is 1. The molecule has 0 unspecified atom stereocenters. The number of guanidine groups is 1. The number of carboxylic acid groups (broad SMARTS) is 5. The van der Waals surface area contributed by atoms with Crippen molar-refractivity contribution in [2.45, 2.75) is 214 Å². The van der Waals surface area contributed by atoms with Gasteiger partial charge >= 0.3 is 29.8 Å². The van der Waals surface area contributed by atoms with Gasteiger partial charge in [0.2, 0.25) is 70.9 Å². The van der Waals surface area contributed by atoms with Gasteiger partial charge in [-0.05, 0) is 112 Å². The van der Waals surface area contributed by atoms with Gasteiger partial charge in [-0.1, -0.05) is 86.5 Å². The predicted molar refractivity (Wildman–Crippen MR) is 537 cm³/mol. The van der Waals surface area contributed by atoms with Crippen LogP contribution in [0.15, 0.2) is 78.9 Å². The van der Waals surface area contributed by atoms with E-state index in [9.17, 15) is 107 Å². The second-order valence-electron chi connectivity index (χ2n) is 36.3. The standard InChI is InChI=1S/C97H144N20O28S2/c1-3-4-18-69(104-79(121)30-29-78(120)101-33-12-45-143-47-49-145-50-48-144-46-13-34-102-80(122)54-112-37-39-113(55-83(127)128)41-43-115(57-85(131)132)44-42-114(40-38-112)56-84(129)130)89(135)110-74-61-147-59-66-17-8-16-65(51-66)58-146-60-73(92(138)107-71(53-82(125)126)77(119)28-24-63-22-25-67(26-23-63)88(134)105-68(87(98)133)19-9-32-103-97(99)100)109-91(137)72(52-64-14-6-5-7-15-64)108-90(136)70(27-31-81(123)124)106-94(140)86(62(2)118)111-93(139)75-20-10-35-116(75)96(142)76-21-11-36-117(76)95(74)141/h5-8,14-17,22-23,25-26,51,62,68-76,86,118H,3-4,9-13,18-21,24,27-50,52-61H2,1-2H3,(H2,98,133)(H,101,120)(H,102,122)(H,104,121)(H,105,134)(H,106,140)(H,107,138)(H,108,136)(H,109,137)(H,110,135)(H,111,139)(H,123,124)(H,125,126)(H,127,128)(H,129,130)(H,131,132)(H4,99,100,103)/t62-,68+,69+,70+,71+,72+,73+,74+,75+,76+,86+/m1/s1. The smallest absolute Gasteiger partial charge is 0.317 e. The summed E-state index contributed by atoms with van der Waals surface area (Å²) in [7, 11) is 0. The summed E-state index contributed by atoms with van der Waals surface area (Å²) >= 11 is 2.36.